The van der Waals surface area contributed by atoms with Crippen molar-refractivity contribution in [1.82, 2.24) is 9.88 Å². The molecule has 1 aromatic carbocycles. The lowest BCUT2D eigenvalue weighted by Gasteiger charge is -2.07. The van der Waals surface area contributed by atoms with Crippen LogP contribution in [-0.2, 0) is 13.1 Å². The molecule has 2 rings (SSSR count). The van der Waals surface area contributed by atoms with E-state index in [0.717, 1.165) is 21.1 Å². The van der Waals surface area contributed by atoms with Crippen molar-refractivity contribution >= 4 is 37.8 Å². The van der Waals surface area contributed by atoms with Crippen LogP contribution in [0.5, 0.6) is 0 Å². The summed E-state index contributed by atoms with van der Waals surface area (Å²) in [4.78, 5) is 12.1. The van der Waals surface area contributed by atoms with Gasteiger partial charge in [-0.3, -0.25) is 4.79 Å². The van der Waals surface area contributed by atoms with Crippen LogP contribution < -0.4 is 5.32 Å². The molecule has 0 unspecified atom stereocenters. The summed E-state index contributed by atoms with van der Waals surface area (Å²) in [5.41, 5.74) is 1.75. The van der Waals surface area contributed by atoms with Crippen LogP contribution in [0.1, 0.15) is 23.0 Å². The number of rotatable bonds is 4. The van der Waals surface area contributed by atoms with Crippen molar-refractivity contribution in [2.75, 3.05) is 0 Å². The first-order chi connectivity index (χ1) is 9.10. The number of benzene rings is 1. The van der Waals surface area contributed by atoms with Gasteiger partial charge in [0, 0.05) is 28.2 Å². The third-order valence-electron chi connectivity index (χ3n) is 2.80. The molecule has 2 aromatic rings. The fourth-order valence-corrected chi connectivity index (χ4v) is 2.53. The Labute approximate surface area is 129 Å². The van der Waals surface area contributed by atoms with Crippen LogP contribution >= 0.6 is 31.9 Å². The lowest BCUT2D eigenvalue weighted by molar-refractivity contribution is 0.0941. The van der Waals surface area contributed by atoms with E-state index in [9.17, 15) is 4.79 Å². The maximum Gasteiger partial charge on any atom is 0.268 e. The summed E-state index contributed by atoms with van der Waals surface area (Å²) < 4.78 is 3.87. The standard InChI is InChI=1S/C14H14Br2N2O/c1-2-18-9-12(16)7-13(18)14(19)17-8-10-3-5-11(15)6-4-10/h3-7,9H,2,8H2,1H3,(H,17,19). The van der Waals surface area contributed by atoms with Crippen LogP contribution in [0.2, 0.25) is 0 Å². The monoisotopic (exact) mass is 384 g/mol. The minimum Gasteiger partial charge on any atom is -0.347 e. The first-order valence-electron chi connectivity index (χ1n) is 5.98. The van der Waals surface area contributed by atoms with Crippen molar-refractivity contribution < 1.29 is 4.79 Å². The molecule has 19 heavy (non-hydrogen) atoms. The fraction of sp³-hybridized carbons (Fsp3) is 0.214. The summed E-state index contributed by atoms with van der Waals surface area (Å²) in [7, 11) is 0. The summed E-state index contributed by atoms with van der Waals surface area (Å²) >= 11 is 6.78. The Morgan fingerprint density at radius 1 is 1.21 bits per heavy atom. The number of hydrogen-bond donors (Lipinski definition) is 1. The van der Waals surface area contributed by atoms with E-state index in [0.29, 0.717) is 12.2 Å². The molecular weight excluding hydrogens is 372 g/mol. The zero-order valence-corrected chi connectivity index (χ0v) is 13.7. The molecule has 1 N–H and O–H groups in total. The van der Waals surface area contributed by atoms with E-state index < -0.39 is 0 Å². The summed E-state index contributed by atoms with van der Waals surface area (Å²) in [6.45, 7) is 3.31. The van der Waals surface area contributed by atoms with E-state index in [-0.39, 0.29) is 5.91 Å². The van der Waals surface area contributed by atoms with Gasteiger partial charge in [0.2, 0.25) is 0 Å². The van der Waals surface area contributed by atoms with Gasteiger partial charge in [-0.25, -0.2) is 0 Å². The van der Waals surface area contributed by atoms with E-state index in [4.69, 9.17) is 0 Å². The largest absolute Gasteiger partial charge is 0.347 e. The number of aryl methyl sites for hydroxylation is 1. The van der Waals surface area contributed by atoms with Gasteiger partial charge in [0.05, 0.1) is 0 Å². The Kier molecular flexibility index (Phi) is 4.82. The van der Waals surface area contributed by atoms with Gasteiger partial charge in [-0.1, -0.05) is 28.1 Å². The van der Waals surface area contributed by atoms with Gasteiger partial charge in [-0.15, -0.1) is 0 Å². The maximum atomic E-state index is 12.1. The summed E-state index contributed by atoms with van der Waals surface area (Å²) in [6.07, 6.45) is 1.91. The van der Waals surface area contributed by atoms with Crippen LogP contribution in [0.15, 0.2) is 45.5 Å². The number of nitrogens with zero attached hydrogens (tertiary/aromatic N) is 1. The minimum absolute atomic E-state index is 0.0598. The fourth-order valence-electron chi connectivity index (χ4n) is 1.80. The predicted octanol–water partition coefficient (Wildman–Crippen LogP) is 3.96. The molecule has 0 fully saturated rings. The number of carbonyl (C=O) groups excluding carboxylic acids is 1. The minimum atomic E-state index is -0.0598. The number of nitrogens with one attached hydrogen (secondary N) is 1. The molecule has 0 saturated heterocycles. The lowest BCUT2D eigenvalue weighted by atomic mass is 10.2. The molecule has 0 bridgehead atoms. The van der Waals surface area contributed by atoms with Gasteiger partial charge < -0.3 is 9.88 Å². The Hall–Kier alpha value is -1.07. The molecule has 5 heteroatoms. The molecule has 0 radical (unpaired) electrons. The Morgan fingerprint density at radius 3 is 2.53 bits per heavy atom. The molecule has 0 atom stereocenters. The SMILES string of the molecule is CCn1cc(Br)cc1C(=O)NCc1ccc(Br)cc1. The Morgan fingerprint density at radius 2 is 1.89 bits per heavy atom. The third-order valence-corrected chi connectivity index (χ3v) is 3.77. The Bertz CT molecular complexity index is 576. The van der Waals surface area contributed by atoms with Crippen LogP contribution in [0.4, 0.5) is 0 Å². The normalized spacial score (nSPS) is 10.5. The van der Waals surface area contributed by atoms with E-state index >= 15 is 0 Å². The molecule has 1 heterocycles. The summed E-state index contributed by atoms with van der Waals surface area (Å²) in [6, 6.07) is 9.73. The highest BCUT2D eigenvalue weighted by Crippen LogP contribution is 2.15. The summed E-state index contributed by atoms with van der Waals surface area (Å²) in [5.74, 6) is -0.0598. The first-order valence-corrected chi connectivity index (χ1v) is 7.57. The molecule has 0 aliphatic carbocycles. The van der Waals surface area contributed by atoms with E-state index in [2.05, 4.69) is 37.2 Å². The number of carbonyl (C=O) groups is 1. The molecule has 0 saturated carbocycles. The van der Waals surface area contributed by atoms with Gasteiger partial charge >= 0.3 is 0 Å². The molecule has 0 aliphatic rings. The molecule has 1 aromatic heterocycles. The van der Waals surface area contributed by atoms with Gasteiger partial charge in [0.1, 0.15) is 5.69 Å². The van der Waals surface area contributed by atoms with E-state index in [1.165, 1.54) is 0 Å². The molecule has 1 amide bonds. The highest BCUT2D eigenvalue weighted by molar-refractivity contribution is 9.10. The molecule has 3 nitrogen and oxygen atoms in total. The topological polar surface area (TPSA) is 34.0 Å². The second-order valence-electron chi connectivity index (χ2n) is 4.14. The van der Waals surface area contributed by atoms with Crippen LogP contribution in [-0.4, -0.2) is 10.5 Å². The van der Waals surface area contributed by atoms with Crippen molar-refractivity contribution in [2.24, 2.45) is 0 Å². The molecule has 0 spiro atoms. The van der Waals surface area contributed by atoms with E-state index in [1.54, 1.807) is 0 Å². The smallest absolute Gasteiger partial charge is 0.268 e. The number of hydrogen-bond acceptors (Lipinski definition) is 1. The molecule has 0 aliphatic heterocycles. The van der Waals surface area contributed by atoms with Crippen molar-refractivity contribution in [3.63, 3.8) is 0 Å². The maximum absolute atomic E-state index is 12.1. The lowest BCUT2D eigenvalue weighted by Crippen LogP contribution is -2.25. The highest BCUT2D eigenvalue weighted by atomic mass is 79.9. The molecule has 100 valence electrons. The summed E-state index contributed by atoms with van der Waals surface area (Å²) in [5, 5.41) is 2.93. The second kappa shape index (κ2) is 6.39. The van der Waals surface area contributed by atoms with Crippen LogP contribution in [0.3, 0.4) is 0 Å². The average Bonchev–Trinajstić information content (AvgIpc) is 2.79. The van der Waals surface area contributed by atoms with Gasteiger partial charge in [0.25, 0.3) is 5.91 Å². The van der Waals surface area contributed by atoms with Gasteiger partial charge in [-0.2, -0.15) is 0 Å². The number of amides is 1. The number of halogens is 2. The van der Waals surface area contributed by atoms with Crippen molar-refractivity contribution in [3.8, 4) is 0 Å². The highest BCUT2D eigenvalue weighted by Gasteiger charge is 2.11. The zero-order chi connectivity index (χ0) is 13.8. The zero-order valence-electron chi connectivity index (χ0n) is 10.5. The quantitative estimate of drug-likeness (QED) is 0.848. The average molecular weight is 386 g/mol. The van der Waals surface area contributed by atoms with Crippen LogP contribution in [0, 0.1) is 0 Å². The first kappa shape index (κ1) is 14.3. The van der Waals surface area contributed by atoms with Crippen LogP contribution in [0.25, 0.3) is 0 Å². The van der Waals surface area contributed by atoms with Crippen molar-refractivity contribution in [2.45, 2.75) is 20.0 Å². The Balaban J connectivity index is 2.03. The second-order valence-corrected chi connectivity index (χ2v) is 5.97. The third kappa shape index (κ3) is 3.70. The molecular formula is C14H14Br2N2O. The van der Waals surface area contributed by atoms with Gasteiger partial charge in [-0.05, 0) is 46.6 Å². The van der Waals surface area contributed by atoms with Crippen molar-refractivity contribution in [1.29, 1.82) is 0 Å². The van der Waals surface area contributed by atoms with Crippen molar-refractivity contribution in [3.05, 3.63) is 56.7 Å². The number of aromatic nitrogens is 1. The van der Waals surface area contributed by atoms with E-state index in [1.807, 2.05) is 48.0 Å². The van der Waals surface area contributed by atoms with Gasteiger partial charge in [0.15, 0.2) is 0 Å². The predicted molar refractivity (Wildman–Crippen MR) is 83.1 cm³/mol.